The zero-order chi connectivity index (χ0) is 22.5. The highest BCUT2D eigenvalue weighted by atomic mass is 16.7. The van der Waals surface area contributed by atoms with Crippen LogP contribution in [0, 0.1) is 11.8 Å². The Morgan fingerprint density at radius 1 is 1.35 bits per heavy atom. The lowest BCUT2D eigenvalue weighted by Gasteiger charge is -2.34. The molecule has 1 fully saturated rings. The fourth-order valence-electron chi connectivity index (χ4n) is 3.97. The van der Waals surface area contributed by atoms with E-state index in [0.717, 1.165) is 11.0 Å². The van der Waals surface area contributed by atoms with Crippen molar-refractivity contribution in [3.05, 3.63) is 30.6 Å². The number of benzene rings is 1. The van der Waals surface area contributed by atoms with Gasteiger partial charge in [-0.3, -0.25) is 14.4 Å². The highest BCUT2D eigenvalue weighted by Crippen LogP contribution is 2.27. The first-order chi connectivity index (χ1) is 14.8. The van der Waals surface area contributed by atoms with Gasteiger partial charge in [0, 0.05) is 32.0 Å². The van der Waals surface area contributed by atoms with Gasteiger partial charge in [0.1, 0.15) is 6.04 Å². The quantitative estimate of drug-likeness (QED) is 0.573. The van der Waals surface area contributed by atoms with Crippen LogP contribution in [-0.4, -0.2) is 57.7 Å². The average Bonchev–Trinajstić information content (AvgIpc) is 3.29. The Bertz CT molecular complexity index is 941. The molecule has 1 aliphatic heterocycles. The number of carbonyl (C=O) groups is 3. The van der Waals surface area contributed by atoms with E-state index in [2.05, 4.69) is 4.98 Å². The second-order valence-corrected chi connectivity index (χ2v) is 8.06. The molecule has 1 aromatic carbocycles. The van der Waals surface area contributed by atoms with Crippen LogP contribution >= 0.6 is 0 Å². The van der Waals surface area contributed by atoms with Gasteiger partial charge in [-0.2, -0.15) is 0 Å². The molecule has 0 saturated carbocycles. The van der Waals surface area contributed by atoms with Crippen LogP contribution < -0.4 is 5.73 Å². The highest BCUT2D eigenvalue weighted by Gasteiger charge is 2.43. The number of cyclic esters (lactones) is 1. The number of fused-ring (bicyclic) bond motifs is 1. The maximum atomic E-state index is 13.6. The summed E-state index contributed by atoms with van der Waals surface area (Å²) in [7, 11) is 0. The highest BCUT2D eigenvalue weighted by molar-refractivity contribution is 5.86. The maximum Gasteiger partial charge on any atom is 0.310 e. The third kappa shape index (κ3) is 5.22. The molecule has 3 atom stereocenters. The van der Waals surface area contributed by atoms with E-state index >= 15 is 0 Å². The average molecular weight is 431 g/mol. The summed E-state index contributed by atoms with van der Waals surface area (Å²) in [5, 5.41) is 0. The summed E-state index contributed by atoms with van der Waals surface area (Å²) in [5.74, 6) is -1.86. The molecule has 3 unspecified atom stereocenters. The Kier molecular flexibility index (Phi) is 7.27. The number of amides is 2. The van der Waals surface area contributed by atoms with E-state index in [1.807, 2.05) is 42.7 Å². The summed E-state index contributed by atoms with van der Waals surface area (Å²) in [6, 6.07) is 7.17. The van der Waals surface area contributed by atoms with Crippen molar-refractivity contribution < 1.29 is 23.9 Å². The number of aromatic nitrogens is 2. The Hall–Kier alpha value is -2.94. The number of nitrogens with zero attached hydrogens (tertiary/aromatic N) is 3. The van der Waals surface area contributed by atoms with Crippen LogP contribution in [0.15, 0.2) is 30.6 Å². The summed E-state index contributed by atoms with van der Waals surface area (Å²) in [6.07, 6.45) is 0.888. The van der Waals surface area contributed by atoms with Crippen LogP contribution in [0.25, 0.3) is 11.0 Å². The van der Waals surface area contributed by atoms with Crippen molar-refractivity contribution in [1.29, 1.82) is 0 Å². The molecule has 31 heavy (non-hydrogen) atoms. The van der Waals surface area contributed by atoms with Crippen LogP contribution in [0.5, 0.6) is 0 Å². The molecule has 2 heterocycles. The first-order valence-corrected chi connectivity index (χ1v) is 10.6. The number of nitrogens with two attached hydrogens (primary N) is 1. The van der Waals surface area contributed by atoms with Gasteiger partial charge in [-0.05, 0) is 25.0 Å². The summed E-state index contributed by atoms with van der Waals surface area (Å²) < 4.78 is 12.9. The van der Waals surface area contributed by atoms with Crippen LogP contribution in [0.3, 0.4) is 0 Å². The number of rotatable bonds is 10. The van der Waals surface area contributed by atoms with Gasteiger partial charge < -0.3 is 24.7 Å². The molecule has 168 valence electrons. The molecule has 0 radical (unpaired) electrons. The molecular formula is C22H30N4O5. The monoisotopic (exact) mass is 430 g/mol. The number of esters is 1. The zero-order valence-electron chi connectivity index (χ0n) is 18.2. The topological polar surface area (TPSA) is 117 Å². The largest absolute Gasteiger partial charge is 0.433 e. The number of primary amides is 1. The molecule has 0 bridgehead atoms. The fraction of sp³-hybridized carbons (Fsp3) is 0.545. The van der Waals surface area contributed by atoms with E-state index in [1.165, 1.54) is 0 Å². The molecular weight excluding hydrogens is 400 g/mol. The number of hydrogen-bond acceptors (Lipinski definition) is 6. The predicted octanol–water partition coefficient (Wildman–Crippen LogP) is 1.69. The molecule has 0 spiro atoms. The number of hydrogen-bond donors (Lipinski definition) is 1. The molecule has 2 aromatic rings. The van der Waals surface area contributed by atoms with Crippen molar-refractivity contribution in [3.63, 3.8) is 0 Å². The molecule has 1 aromatic heterocycles. The molecule has 9 nitrogen and oxygen atoms in total. The van der Waals surface area contributed by atoms with Gasteiger partial charge >= 0.3 is 5.97 Å². The minimum atomic E-state index is -0.831. The van der Waals surface area contributed by atoms with Gasteiger partial charge in [0.25, 0.3) is 0 Å². The number of para-hydroxylation sites is 2. The molecule has 2 amide bonds. The van der Waals surface area contributed by atoms with Gasteiger partial charge in [0.05, 0.1) is 23.8 Å². The Morgan fingerprint density at radius 3 is 2.77 bits per heavy atom. The standard InChI is InChI=1S/C22H30N4O5/c1-4-30-22-18(12-20(28)31-22)26(21(29)15(14(2)3)11-19(23)27)10-9-25-13-24-16-7-5-6-8-17(16)25/h5-8,13-15,18,22H,4,9-12H2,1-3H3,(H2,23,27). The van der Waals surface area contributed by atoms with E-state index in [-0.39, 0.29) is 24.7 Å². The lowest BCUT2D eigenvalue weighted by Crippen LogP contribution is -2.50. The van der Waals surface area contributed by atoms with Crippen molar-refractivity contribution in [2.75, 3.05) is 13.2 Å². The van der Waals surface area contributed by atoms with Crippen LogP contribution in [-0.2, 0) is 30.4 Å². The SMILES string of the molecule is CCOC1OC(=O)CC1N(CCn1cnc2ccccc21)C(=O)C(CC(N)=O)C(C)C. The normalized spacial score (nSPS) is 19.5. The zero-order valence-corrected chi connectivity index (χ0v) is 18.2. The molecule has 0 aliphatic carbocycles. The molecule has 1 saturated heterocycles. The van der Waals surface area contributed by atoms with Crippen molar-refractivity contribution in [2.24, 2.45) is 17.6 Å². The van der Waals surface area contributed by atoms with Gasteiger partial charge in [-0.15, -0.1) is 0 Å². The predicted molar refractivity (Wildman–Crippen MR) is 113 cm³/mol. The molecule has 9 heteroatoms. The summed E-state index contributed by atoms with van der Waals surface area (Å²) >= 11 is 0. The molecule has 2 N–H and O–H groups in total. The van der Waals surface area contributed by atoms with Crippen molar-refractivity contribution >= 4 is 28.8 Å². The van der Waals surface area contributed by atoms with Crippen molar-refractivity contribution in [2.45, 2.75) is 52.5 Å². The fourth-order valence-corrected chi connectivity index (χ4v) is 3.97. The summed E-state index contributed by atoms with van der Waals surface area (Å²) in [6.45, 7) is 6.69. The van der Waals surface area contributed by atoms with Crippen molar-refractivity contribution in [1.82, 2.24) is 14.5 Å². The third-order valence-electron chi connectivity index (χ3n) is 5.60. The minimum Gasteiger partial charge on any atom is -0.433 e. The van der Waals surface area contributed by atoms with Crippen LogP contribution in [0.1, 0.15) is 33.6 Å². The van der Waals surface area contributed by atoms with Gasteiger partial charge in [0.15, 0.2) is 0 Å². The van der Waals surface area contributed by atoms with Crippen molar-refractivity contribution in [3.8, 4) is 0 Å². The van der Waals surface area contributed by atoms with Crippen LogP contribution in [0.2, 0.25) is 0 Å². The third-order valence-corrected chi connectivity index (χ3v) is 5.60. The smallest absolute Gasteiger partial charge is 0.310 e. The second kappa shape index (κ2) is 9.91. The maximum absolute atomic E-state index is 13.6. The van der Waals surface area contributed by atoms with E-state index < -0.39 is 30.1 Å². The van der Waals surface area contributed by atoms with E-state index in [4.69, 9.17) is 15.2 Å². The Balaban J connectivity index is 1.88. The van der Waals surface area contributed by atoms with Gasteiger partial charge in [0.2, 0.25) is 18.1 Å². The first kappa shape index (κ1) is 22.7. The molecule has 3 rings (SSSR count). The van der Waals surface area contributed by atoms with E-state index in [0.29, 0.717) is 19.7 Å². The van der Waals surface area contributed by atoms with E-state index in [1.54, 1.807) is 18.2 Å². The van der Waals surface area contributed by atoms with E-state index in [9.17, 15) is 14.4 Å². The van der Waals surface area contributed by atoms with Crippen LogP contribution in [0.4, 0.5) is 0 Å². The molecule has 1 aliphatic rings. The number of carbonyl (C=O) groups excluding carboxylic acids is 3. The number of ether oxygens (including phenoxy) is 2. The lowest BCUT2D eigenvalue weighted by molar-refractivity contribution is -0.172. The van der Waals surface area contributed by atoms with Gasteiger partial charge in [-0.25, -0.2) is 4.98 Å². The Labute approximate surface area is 181 Å². The summed E-state index contributed by atoms with van der Waals surface area (Å²) in [4.78, 5) is 43.2. The summed E-state index contributed by atoms with van der Waals surface area (Å²) in [5.41, 5.74) is 7.22. The first-order valence-electron chi connectivity index (χ1n) is 10.6. The minimum absolute atomic E-state index is 0.0441. The van der Waals surface area contributed by atoms with Gasteiger partial charge in [-0.1, -0.05) is 26.0 Å². The second-order valence-electron chi connectivity index (χ2n) is 8.06. The Morgan fingerprint density at radius 2 is 2.10 bits per heavy atom. The number of imidazole rings is 1. The lowest BCUT2D eigenvalue weighted by atomic mass is 9.90.